The Labute approximate surface area is 151 Å². The Bertz CT molecular complexity index is 866. The lowest BCUT2D eigenvalue weighted by Gasteiger charge is -2.21. The quantitative estimate of drug-likeness (QED) is 0.759. The first-order valence-electron chi connectivity index (χ1n) is 7.52. The van der Waals surface area contributed by atoms with E-state index in [9.17, 15) is 40.3 Å². The Kier molecular flexibility index (Phi) is 5.21. The highest BCUT2D eigenvalue weighted by Gasteiger charge is 2.55. The molecular weight excluding hydrogens is 401 g/mol. The number of carbonyl (C=O) groups is 1. The number of hydrogen-bond donors (Lipinski definition) is 1. The van der Waals surface area contributed by atoms with Gasteiger partial charge in [-0.2, -0.15) is 13.2 Å². The molecular formula is C15H16F5NO5S. The molecule has 0 saturated heterocycles. The number of benzene rings is 1. The number of nitrogens with zero attached hydrogens (tertiary/aromatic N) is 1. The highest BCUT2D eigenvalue weighted by atomic mass is 32.2. The van der Waals surface area contributed by atoms with Gasteiger partial charge in [-0.1, -0.05) is 0 Å². The summed E-state index contributed by atoms with van der Waals surface area (Å²) >= 11 is 0. The molecule has 152 valence electrons. The van der Waals surface area contributed by atoms with Crippen LogP contribution in [0.5, 0.6) is 5.75 Å². The van der Waals surface area contributed by atoms with Crippen molar-refractivity contribution in [1.82, 2.24) is 4.90 Å². The summed E-state index contributed by atoms with van der Waals surface area (Å²) in [4.78, 5) is 11.5. The van der Waals surface area contributed by atoms with Crippen molar-refractivity contribution in [2.24, 2.45) is 0 Å². The van der Waals surface area contributed by atoms with Crippen LogP contribution in [0.15, 0.2) is 17.0 Å². The van der Waals surface area contributed by atoms with Crippen molar-refractivity contribution in [2.75, 3.05) is 14.1 Å². The number of alkyl halides is 5. The van der Waals surface area contributed by atoms with E-state index in [0.717, 1.165) is 11.0 Å². The Hall–Kier alpha value is -1.95. The summed E-state index contributed by atoms with van der Waals surface area (Å²) in [6, 6.07) is 1.21. The number of sulfone groups is 1. The topological polar surface area (TPSA) is 83.9 Å². The average Bonchev–Trinajstić information content (AvgIpc) is 2.76. The molecule has 2 atom stereocenters. The number of halogens is 5. The molecule has 2 unspecified atom stereocenters. The van der Waals surface area contributed by atoms with E-state index in [1.807, 2.05) is 0 Å². The summed E-state index contributed by atoms with van der Waals surface area (Å²) in [6.45, 7) is 1.29. The second-order valence-electron chi connectivity index (χ2n) is 6.24. The van der Waals surface area contributed by atoms with Gasteiger partial charge in [-0.3, -0.25) is 4.79 Å². The molecule has 0 aliphatic heterocycles. The van der Waals surface area contributed by atoms with Gasteiger partial charge in [0.25, 0.3) is 21.7 Å². The van der Waals surface area contributed by atoms with Crippen LogP contribution >= 0.6 is 0 Å². The zero-order valence-corrected chi connectivity index (χ0v) is 15.2. The normalized spacial score (nSPS) is 20.1. The first-order valence-corrected chi connectivity index (χ1v) is 9.00. The zero-order valence-electron chi connectivity index (χ0n) is 14.3. The highest BCUT2D eigenvalue weighted by Crippen LogP contribution is 2.50. The fraction of sp³-hybridized carbons (Fsp3) is 0.533. The average molecular weight is 417 g/mol. The Morgan fingerprint density at radius 2 is 1.89 bits per heavy atom. The van der Waals surface area contributed by atoms with Crippen LogP contribution < -0.4 is 4.74 Å². The first-order chi connectivity index (χ1) is 12.1. The molecule has 0 heterocycles. The lowest BCUT2D eigenvalue weighted by molar-refractivity contribution is -0.135. The Morgan fingerprint density at radius 1 is 1.33 bits per heavy atom. The van der Waals surface area contributed by atoms with Crippen molar-refractivity contribution in [2.45, 2.75) is 41.9 Å². The maximum absolute atomic E-state index is 13.9. The van der Waals surface area contributed by atoms with Gasteiger partial charge in [0, 0.05) is 31.6 Å². The maximum Gasteiger partial charge on any atom is 0.501 e. The summed E-state index contributed by atoms with van der Waals surface area (Å²) in [5.41, 5.74) is -7.40. The largest absolute Gasteiger partial charge is 0.501 e. The molecule has 1 aromatic carbocycles. The van der Waals surface area contributed by atoms with Crippen LogP contribution in [-0.4, -0.2) is 56.0 Å². The third kappa shape index (κ3) is 3.59. The molecule has 1 aliphatic rings. The number of likely N-dealkylation sites (N-methyl/N-ethyl adjacent to an activating group) is 1. The van der Waals surface area contributed by atoms with Crippen molar-refractivity contribution in [1.29, 1.82) is 0 Å². The molecule has 0 radical (unpaired) electrons. The van der Waals surface area contributed by atoms with Crippen LogP contribution in [-0.2, 0) is 21.1 Å². The molecule has 0 bridgehead atoms. The zero-order chi connectivity index (χ0) is 20.9. The molecule has 0 fully saturated rings. The Balaban J connectivity index is 2.63. The van der Waals surface area contributed by atoms with E-state index in [4.69, 9.17) is 4.74 Å². The van der Waals surface area contributed by atoms with Gasteiger partial charge in [-0.25, -0.2) is 17.2 Å². The van der Waals surface area contributed by atoms with Gasteiger partial charge >= 0.3 is 5.51 Å². The summed E-state index contributed by atoms with van der Waals surface area (Å²) in [6.07, 6.45) is -5.17. The van der Waals surface area contributed by atoms with Gasteiger partial charge in [0.2, 0.25) is 0 Å². The number of aliphatic hydroxyl groups is 1. The summed E-state index contributed by atoms with van der Waals surface area (Å²) in [7, 11) is -3.17. The summed E-state index contributed by atoms with van der Waals surface area (Å²) in [5.74, 6) is -4.85. The fourth-order valence-electron chi connectivity index (χ4n) is 2.72. The van der Waals surface area contributed by atoms with Gasteiger partial charge in [-0.15, -0.1) is 0 Å². The van der Waals surface area contributed by atoms with Crippen molar-refractivity contribution in [3.63, 3.8) is 0 Å². The first kappa shape index (κ1) is 21.4. The molecule has 27 heavy (non-hydrogen) atoms. The monoisotopic (exact) mass is 417 g/mol. The number of fused-ring (bicyclic) bond motifs is 1. The van der Waals surface area contributed by atoms with Crippen LogP contribution in [0, 0.1) is 0 Å². The number of rotatable bonds is 4. The second kappa shape index (κ2) is 6.59. The maximum atomic E-state index is 13.9. The predicted octanol–water partition coefficient (Wildman–Crippen LogP) is 2.06. The van der Waals surface area contributed by atoms with Gasteiger partial charge in [0.1, 0.15) is 11.9 Å². The van der Waals surface area contributed by atoms with Crippen molar-refractivity contribution >= 4 is 15.7 Å². The molecule has 12 heteroatoms. The number of hydrogen-bond acceptors (Lipinski definition) is 5. The third-order valence-corrected chi connectivity index (χ3v) is 5.59. The fourth-order valence-corrected chi connectivity index (χ4v) is 3.74. The molecule has 1 aromatic rings. The highest BCUT2D eigenvalue weighted by molar-refractivity contribution is 7.92. The molecule has 0 saturated carbocycles. The molecule has 0 aromatic heterocycles. The minimum absolute atomic E-state index is 0.398. The standard InChI is InChI=1S/C15H16F5NO5S/c1-7(13(23)21(2)3)26-9-4-5-10(27(24,25)15(18,19)20)11-8(9)6-14(16,17)12(11)22/h4-5,7,12,22H,6H2,1-3H3. The lowest BCUT2D eigenvalue weighted by Crippen LogP contribution is -2.35. The molecule has 6 nitrogen and oxygen atoms in total. The molecule has 1 amide bonds. The molecule has 1 N–H and O–H groups in total. The number of ether oxygens (including phenoxy) is 1. The minimum Gasteiger partial charge on any atom is -0.481 e. The van der Waals surface area contributed by atoms with Crippen LogP contribution in [0.25, 0.3) is 0 Å². The van der Waals surface area contributed by atoms with Gasteiger partial charge in [0.05, 0.1) is 4.90 Å². The van der Waals surface area contributed by atoms with Crippen LogP contribution in [0.4, 0.5) is 22.0 Å². The second-order valence-corrected chi connectivity index (χ2v) is 8.15. The van der Waals surface area contributed by atoms with Crippen molar-refractivity contribution < 1.29 is 45.0 Å². The van der Waals surface area contributed by atoms with Crippen molar-refractivity contribution in [3.05, 3.63) is 23.3 Å². The van der Waals surface area contributed by atoms with E-state index < -0.39 is 67.6 Å². The van der Waals surface area contributed by atoms with E-state index >= 15 is 0 Å². The lowest BCUT2D eigenvalue weighted by atomic mass is 10.1. The van der Waals surface area contributed by atoms with Crippen LogP contribution in [0.2, 0.25) is 0 Å². The van der Waals surface area contributed by atoms with E-state index in [1.165, 1.54) is 21.0 Å². The van der Waals surface area contributed by atoms with Gasteiger partial charge in [-0.05, 0) is 19.1 Å². The van der Waals surface area contributed by atoms with Crippen LogP contribution in [0.3, 0.4) is 0 Å². The van der Waals surface area contributed by atoms with E-state index in [2.05, 4.69) is 0 Å². The van der Waals surface area contributed by atoms with Gasteiger partial charge < -0.3 is 14.7 Å². The molecule has 1 aliphatic carbocycles. The van der Waals surface area contributed by atoms with Crippen LogP contribution in [0.1, 0.15) is 24.2 Å². The predicted molar refractivity (Wildman–Crippen MR) is 82.1 cm³/mol. The smallest absolute Gasteiger partial charge is 0.481 e. The van der Waals surface area contributed by atoms with Gasteiger partial charge in [0.15, 0.2) is 6.10 Å². The number of amides is 1. The summed E-state index contributed by atoms with van der Waals surface area (Å²) in [5, 5.41) is 9.76. The number of carbonyl (C=O) groups excluding carboxylic acids is 1. The number of aliphatic hydroxyl groups excluding tert-OH is 1. The third-order valence-electron chi connectivity index (χ3n) is 4.05. The van der Waals surface area contributed by atoms with E-state index in [0.29, 0.717) is 6.07 Å². The van der Waals surface area contributed by atoms with E-state index in [1.54, 1.807) is 0 Å². The summed E-state index contributed by atoms with van der Waals surface area (Å²) < 4.78 is 95.2. The van der Waals surface area contributed by atoms with E-state index in [-0.39, 0.29) is 0 Å². The Morgan fingerprint density at radius 3 is 2.37 bits per heavy atom. The molecule has 2 rings (SSSR count). The van der Waals surface area contributed by atoms with Crippen molar-refractivity contribution in [3.8, 4) is 5.75 Å². The minimum atomic E-state index is -5.98. The SMILES string of the molecule is CC(Oc1ccc(S(=O)(=O)C(F)(F)F)c2c1CC(F)(F)C2O)C(=O)N(C)C. The molecule has 0 spiro atoms.